The van der Waals surface area contributed by atoms with Crippen LogP contribution in [-0.4, -0.2) is 31.3 Å². The quantitative estimate of drug-likeness (QED) is 0.567. The number of unbranched alkanes of at least 4 members (excludes halogenated alkanes) is 5. The predicted molar refractivity (Wildman–Crippen MR) is 72.0 cm³/mol. The molecule has 0 aliphatic heterocycles. The van der Waals surface area contributed by atoms with Crippen molar-refractivity contribution in [1.82, 2.24) is 4.72 Å². The second kappa shape index (κ2) is 9.33. The third-order valence-electron chi connectivity index (χ3n) is 2.79. The van der Waals surface area contributed by atoms with E-state index in [0.717, 1.165) is 25.7 Å². The zero-order valence-corrected chi connectivity index (χ0v) is 12.1. The first-order chi connectivity index (χ1) is 8.43. The molecular weight excluding hydrogens is 254 g/mol. The van der Waals surface area contributed by atoms with Crippen molar-refractivity contribution in [3.63, 3.8) is 0 Å². The van der Waals surface area contributed by atoms with Crippen molar-refractivity contribution in [1.29, 1.82) is 0 Å². The molecule has 0 rings (SSSR count). The maximum atomic E-state index is 11.6. The fourth-order valence-corrected chi connectivity index (χ4v) is 3.06. The Hall–Kier alpha value is -0.620. The summed E-state index contributed by atoms with van der Waals surface area (Å²) in [6.45, 7) is 3.78. The lowest BCUT2D eigenvalue weighted by Gasteiger charge is -2.12. The number of aliphatic carboxylic acids is 1. The van der Waals surface area contributed by atoms with Crippen LogP contribution >= 0.6 is 0 Å². The fraction of sp³-hybridized carbons (Fsp3) is 0.917. The van der Waals surface area contributed by atoms with Crippen molar-refractivity contribution in [2.45, 2.75) is 64.8 Å². The van der Waals surface area contributed by atoms with E-state index in [4.69, 9.17) is 5.11 Å². The summed E-state index contributed by atoms with van der Waals surface area (Å²) in [4.78, 5) is 10.7. The lowest BCUT2D eigenvalue weighted by molar-refractivity contribution is -0.139. The highest BCUT2D eigenvalue weighted by atomic mass is 32.2. The van der Waals surface area contributed by atoms with Crippen LogP contribution in [0.1, 0.15) is 58.8 Å². The van der Waals surface area contributed by atoms with Gasteiger partial charge in [-0.15, -0.1) is 0 Å². The minimum atomic E-state index is -3.46. The number of carboxylic acid groups (broad SMARTS) is 1. The van der Waals surface area contributed by atoms with Gasteiger partial charge in [0.1, 0.15) is 6.04 Å². The van der Waals surface area contributed by atoms with Crippen molar-refractivity contribution in [3.8, 4) is 0 Å². The van der Waals surface area contributed by atoms with Crippen LogP contribution in [0.2, 0.25) is 0 Å². The van der Waals surface area contributed by atoms with Gasteiger partial charge in [-0.1, -0.05) is 46.0 Å². The molecule has 108 valence electrons. The summed E-state index contributed by atoms with van der Waals surface area (Å²) < 4.78 is 25.5. The molecule has 5 nitrogen and oxygen atoms in total. The van der Waals surface area contributed by atoms with Crippen molar-refractivity contribution in [2.24, 2.45) is 0 Å². The Morgan fingerprint density at radius 1 is 1.11 bits per heavy atom. The first kappa shape index (κ1) is 17.4. The Bertz CT molecular complexity index is 327. The maximum absolute atomic E-state index is 11.6. The maximum Gasteiger partial charge on any atom is 0.321 e. The minimum Gasteiger partial charge on any atom is -0.480 e. The van der Waals surface area contributed by atoms with Crippen molar-refractivity contribution in [2.75, 3.05) is 5.75 Å². The SMILES string of the molecule is CCCCCCCCS(=O)(=O)NC(CC)C(=O)O. The molecule has 1 unspecified atom stereocenters. The van der Waals surface area contributed by atoms with Gasteiger partial charge in [-0.2, -0.15) is 0 Å². The van der Waals surface area contributed by atoms with E-state index in [1.807, 2.05) is 0 Å². The molecule has 18 heavy (non-hydrogen) atoms. The molecule has 0 aromatic carbocycles. The molecule has 0 fully saturated rings. The zero-order valence-electron chi connectivity index (χ0n) is 11.3. The number of hydrogen-bond acceptors (Lipinski definition) is 3. The highest BCUT2D eigenvalue weighted by Crippen LogP contribution is 2.06. The number of hydrogen-bond donors (Lipinski definition) is 2. The molecule has 0 aliphatic carbocycles. The Morgan fingerprint density at radius 3 is 2.17 bits per heavy atom. The van der Waals surface area contributed by atoms with Gasteiger partial charge in [0.05, 0.1) is 5.75 Å². The molecule has 6 heteroatoms. The van der Waals surface area contributed by atoms with E-state index < -0.39 is 22.0 Å². The smallest absolute Gasteiger partial charge is 0.321 e. The number of carboxylic acids is 1. The summed E-state index contributed by atoms with van der Waals surface area (Å²) >= 11 is 0. The molecule has 0 spiro atoms. The average molecular weight is 279 g/mol. The molecule has 0 heterocycles. The predicted octanol–water partition coefficient (Wildman–Crippen LogP) is 2.13. The standard InChI is InChI=1S/C12H25NO4S/c1-3-5-6-7-8-9-10-18(16,17)13-11(4-2)12(14)15/h11,13H,3-10H2,1-2H3,(H,14,15). The van der Waals surface area contributed by atoms with Crippen molar-refractivity contribution < 1.29 is 18.3 Å². The van der Waals surface area contributed by atoms with Gasteiger partial charge in [0, 0.05) is 0 Å². The number of carbonyl (C=O) groups is 1. The highest BCUT2D eigenvalue weighted by Gasteiger charge is 2.21. The van der Waals surface area contributed by atoms with Crippen LogP contribution in [0.15, 0.2) is 0 Å². The van der Waals surface area contributed by atoms with Gasteiger partial charge < -0.3 is 5.11 Å². The van der Waals surface area contributed by atoms with Crippen LogP contribution in [0, 0.1) is 0 Å². The Morgan fingerprint density at radius 2 is 1.67 bits per heavy atom. The topological polar surface area (TPSA) is 83.5 Å². The second-order valence-electron chi connectivity index (χ2n) is 4.50. The van der Waals surface area contributed by atoms with Crippen molar-refractivity contribution in [3.05, 3.63) is 0 Å². The average Bonchev–Trinajstić information content (AvgIpc) is 2.30. The summed E-state index contributed by atoms with van der Waals surface area (Å²) in [5.41, 5.74) is 0. The van der Waals surface area contributed by atoms with E-state index in [9.17, 15) is 13.2 Å². The third kappa shape index (κ3) is 8.47. The van der Waals surface area contributed by atoms with Crippen LogP contribution in [0.25, 0.3) is 0 Å². The third-order valence-corrected chi connectivity index (χ3v) is 4.26. The highest BCUT2D eigenvalue weighted by molar-refractivity contribution is 7.89. The van der Waals surface area contributed by atoms with E-state index in [2.05, 4.69) is 11.6 Å². The summed E-state index contributed by atoms with van der Waals surface area (Å²) in [7, 11) is -3.46. The van der Waals surface area contributed by atoms with E-state index in [1.54, 1.807) is 6.92 Å². The van der Waals surface area contributed by atoms with Gasteiger partial charge in [0.2, 0.25) is 10.0 Å². The second-order valence-corrected chi connectivity index (χ2v) is 6.38. The first-order valence-corrected chi connectivity index (χ1v) is 8.31. The van der Waals surface area contributed by atoms with E-state index in [1.165, 1.54) is 6.42 Å². The molecule has 0 aromatic heterocycles. The van der Waals surface area contributed by atoms with Gasteiger partial charge >= 0.3 is 5.97 Å². The van der Waals surface area contributed by atoms with Crippen LogP contribution in [0.4, 0.5) is 0 Å². The van der Waals surface area contributed by atoms with Gasteiger partial charge in [0.15, 0.2) is 0 Å². The minimum absolute atomic E-state index is 0.0168. The van der Waals surface area contributed by atoms with Crippen LogP contribution in [0.5, 0.6) is 0 Å². The summed E-state index contributed by atoms with van der Waals surface area (Å²) in [6, 6.07) is -1.00. The molecular formula is C12H25NO4S. The number of nitrogens with one attached hydrogen (secondary N) is 1. The first-order valence-electron chi connectivity index (χ1n) is 6.65. The molecule has 2 N–H and O–H groups in total. The molecule has 0 aromatic rings. The monoisotopic (exact) mass is 279 g/mol. The van der Waals surface area contributed by atoms with Gasteiger partial charge in [-0.25, -0.2) is 13.1 Å². The summed E-state index contributed by atoms with van der Waals surface area (Å²) in [5.74, 6) is -1.10. The van der Waals surface area contributed by atoms with Crippen molar-refractivity contribution >= 4 is 16.0 Å². The van der Waals surface area contributed by atoms with Crippen LogP contribution < -0.4 is 4.72 Å². The largest absolute Gasteiger partial charge is 0.480 e. The molecule has 0 amide bonds. The van der Waals surface area contributed by atoms with Gasteiger partial charge in [-0.3, -0.25) is 4.79 Å². The molecule has 0 radical (unpaired) electrons. The number of sulfonamides is 1. The van der Waals surface area contributed by atoms with Gasteiger partial charge in [-0.05, 0) is 12.8 Å². The van der Waals surface area contributed by atoms with E-state index >= 15 is 0 Å². The lowest BCUT2D eigenvalue weighted by Crippen LogP contribution is -2.41. The lowest BCUT2D eigenvalue weighted by atomic mass is 10.1. The van der Waals surface area contributed by atoms with E-state index in [-0.39, 0.29) is 12.2 Å². The molecule has 0 aliphatic rings. The molecule has 0 saturated heterocycles. The molecule has 0 saturated carbocycles. The fourth-order valence-electron chi connectivity index (χ4n) is 1.66. The molecule has 1 atom stereocenters. The van der Waals surface area contributed by atoms with Crippen LogP contribution in [-0.2, 0) is 14.8 Å². The Kier molecular flexibility index (Phi) is 9.01. The normalized spacial score (nSPS) is 13.4. The Balaban J connectivity index is 3.90. The zero-order chi connectivity index (χ0) is 14.0. The summed E-state index contributed by atoms with van der Waals surface area (Å²) in [6.07, 6.45) is 6.25. The van der Waals surface area contributed by atoms with Gasteiger partial charge in [0.25, 0.3) is 0 Å². The number of rotatable bonds is 11. The molecule has 0 bridgehead atoms. The Labute approximate surface area is 110 Å². The summed E-state index contributed by atoms with van der Waals surface area (Å²) in [5, 5.41) is 8.78. The van der Waals surface area contributed by atoms with E-state index in [0.29, 0.717) is 6.42 Å². The van der Waals surface area contributed by atoms with Crippen LogP contribution in [0.3, 0.4) is 0 Å².